The van der Waals surface area contributed by atoms with Crippen molar-refractivity contribution in [3.05, 3.63) is 42.0 Å². The number of ether oxygens (including phenoxy) is 1. The number of halogens is 1. The van der Waals surface area contributed by atoms with Crippen molar-refractivity contribution in [3.8, 4) is 5.75 Å². The smallest absolute Gasteiger partial charge is 0.125 e. The summed E-state index contributed by atoms with van der Waals surface area (Å²) in [4.78, 5) is 0. The van der Waals surface area contributed by atoms with Crippen LogP contribution in [0.3, 0.4) is 0 Å². The van der Waals surface area contributed by atoms with E-state index in [2.05, 4.69) is 0 Å². The molecule has 1 aliphatic rings. The average Bonchev–Trinajstić information content (AvgIpc) is 2.33. The number of hydrogen-bond acceptors (Lipinski definition) is 2. The first-order valence-electron chi connectivity index (χ1n) is 5.24. The van der Waals surface area contributed by atoms with Crippen LogP contribution in [0.25, 0.3) is 10.8 Å². The van der Waals surface area contributed by atoms with Gasteiger partial charge in [0, 0.05) is 5.56 Å². The minimum atomic E-state index is -0.656. The Morgan fingerprint density at radius 3 is 2.88 bits per heavy atom. The molecule has 0 fully saturated rings. The topological polar surface area (TPSA) is 29.5 Å². The summed E-state index contributed by atoms with van der Waals surface area (Å²) in [6, 6.07) is 11.8. The number of fused-ring (bicyclic) bond motifs is 3. The van der Waals surface area contributed by atoms with Crippen molar-refractivity contribution < 1.29 is 9.84 Å². The number of alkyl halides is 1. The second-order valence-corrected chi connectivity index (χ2v) is 4.53. The maximum Gasteiger partial charge on any atom is 0.125 e. The van der Waals surface area contributed by atoms with Gasteiger partial charge in [0.2, 0.25) is 0 Å². The highest BCUT2D eigenvalue weighted by atomic mass is 35.5. The molecule has 0 aromatic heterocycles. The largest absolute Gasteiger partial charge is 0.492 e. The van der Waals surface area contributed by atoms with Gasteiger partial charge in [-0.3, -0.25) is 0 Å². The van der Waals surface area contributed by atoms with Gasteiger partial charge in [0.25, 0.3) is 0 Å². The minimum Gasteiger partial charge on any atom is -0.492 e. The third-order valence-corrected chi connectivity index (χ3v) is 3.33. The molecule has 2 nitrogen and oxygen atoms in total. The number of hydrogen-bond donors (Lipinski definition) is 1. The second kappa shape index (κ2) is 3.65. The van der Waals surface area contributed by atoms with Crippen LogP contribution in [0.15, 0.2) is 36.4 Å². The number of aliphatic hydroxyl groups is 1. The van der Waals surface area contributed by atoms with E-state index in [9.17, 15) is 5.11 Å². The van der Waals surface area contributed by atoms with Crippen LogP contribution in [0.2, 0.25) is 0 Å². The zero-order valence-corrected chi connectivity index (χ0v) is 9.32. The summed E-state index contributed by atoms with van der Waals surface area (Å²) in [6.45, 7) is 0.355. The highest BCUT2D eigenvalue weighted by molar-refractivity contribution is 6.21. The third-order valence-electron chi connectivity index (χ3n) is 2.97. The molecule has 3 rings (SSSR count). The molecule has 0 amide bonds. The maximum absolute atomic E-state index is 10.1. The molecular weight excluding hydrogens is 224 g/mol. The number of aliphatic hydroxyl groups excluding tert-OH is 1. The van der Waals surface area contributed by atoms with E-state index in [1.807, 2.05) is 36.4 Å². The third kappa shape index (κ3) is 1.38. The van der Waals surface area contributed by atoms with Gasteiger partial charge in [-0.15, -0.1) is 11.6 Å². The molecule has 16 heavy (non-hydrogen) atoms. The summed E-state index contributed by atoms with van der Waals surface area (Å²) < 4.78 is 5.52. The molecule has 0 spiro atoms. The molecule has 2 aromatic carbocycles. The van der Waals surface area contributed by atoms with Crippen LogP contribution in [0.5, 0.6) is 5.75 Å². The van der Waals surface area contributed by atoms with Crippen molar-refractivity contribution >= 4 is 22.4 Å². The van der Waals surface area contributed by atoms with Crippen LogP contribution in [0.4, 0.5) is 0 Å². The second-order valence-electron chi connectivity index (χ2n) is 3.97. The van der Waals surface area contributed by atoms with E-state index < -0.39 is 6.10 Å². The van der Waals surface area contributed by atoms with Crippen molar-refractivity contribution in [2.24, 2.45) is 0 Å². The van der Waals surface area contributed by atoms with Crippen LogP contribution >= 0.6 is 11.6 Å². The predicted octanol–water partition coefficient (Wildman–Crippen LogP) is 2.87. The Morgan fingerprint density at radius 1 is 1.19 bits per heavy atom. The monoisotopic (exact) mass is 234 g/mol. The molecule has 1 heterocycles. The lowest BCUT2D eigenvalue weighted by atomic mass is 9.96. The number of benzene rings is 2. The van der Waals surface area contributed by atoms with Gasteiger partial charge in [0.05, 0.1) is 5.38 Å². The van der Waals surface area contributed by atoms with Gasteiger partial charge in [0.1, 0.15) is 18.5 Å². The van der Waals surface area contributed by atoms with E-state index in [1.54, 1.807) is 0 Å². The molecule has 0 aliphatic carbocycles. The van der Waals surface area contributed by atoms with Gasteiger partial charge in [-0.25, -0.2) is 0 Å². The first kappa shape index (κ1) is 9.94. The van der Waals surface area contributed by atoms with E-state index in [4.69, 9.17) is 16.3 Å². The first-order valence-corrected chi connectivity index (χ1v) is 5.67. The fraction of sp³-hybridized carbons (Fsp3) is 0.231. The van der Waals surface area contributed by atoms with Crippen LogP contribution in [0.1, 0.15) is 11.7 Å². The predicted molar refractivity (Wildman–Crippen MR) is 64.0 cm³/mol. The van der Waals surface area contributed by atoms with Crippen molar-refractivity contribution in [2.45, 2.75) is 11.5 Å². The lowest BCUT2D eigenvalue weighted by Gasteiger charge is -2.27. The van der Waals surface area contributed by atoms with Crippen molar-refractivity contribution in [1.29, 1.82) is 0 Å². The highest BCUT2D eigenvalue weighted by Crippen LogP contribution is 2.39. The van der Waals surface area contributed by atoms with Crippen molar-refractivity contribution in [2.75, 3.05) is 6.61 Å². The van der Waals surface area contributed by atoms with Crippen molar-refractivity contribution in [1.82, 2.24) is 0 Å². The Hall–Kier alpha value is -1.25. The van der Waals surface area contributed by atoms with E-state index in [1.165, 1.54) is 0 Å². The summed E-state index contributed by atoms with van der Waals surface area (Å²) >= 11 is 6.02. The molecule has 0 saturated carbocycles. The normalized spacial score (nSPS) is 23.9. The van der Waals surface area contributed by atoms with Gasteiger partial charge in [-0.2, -0.15) is 0 Å². The van der Waals surface area contributed by atoms with E-state index in [0.717, 1.165) is 22.1 Å². The summed E-state index contributed by atoms with van der Waals surface area (Å²) in [7, 11) is 0. The quantitative estimate of drug-likeness (QED) is 0.711. The van der Waals surface area contributed by atoms with E-state index >= 15 is 0 Å². The van der Waals surface area contributed by atoms with Crippen LogP contribution in [-0.2, 0) is 0 Å². The van der Waals surface area contributed by atoms with Gasteiger partial charge >= 0.3 is 0 Å². The van der Waals surface area contributed by atoms with Gasteiger partial charge in [0.15, 0.2) is 0 Å². The first-order chi connectivity index (χ1) is 7.77. The van der Waals surface area contributed by atoms with Crippen molar-refractivity contribution in [3.63, 3.8) is 0 Å². The van der Waals surface area contributed by atoms with Gasteiger partial charge in [-0.05, 0) is 16.8 Å². The van der Waals surface area contributed by atoms with Gasteiger partial charge < -0.3 is 9.84 Å². The van der Waals surface area contributed by atoms with Gasteiger partial charge in [-0.1, -0.05) is 30.3 Å². The molecular formula is C13H11ClO2. The van der Waals surface area contributed by atoms with Crippen LogP contribution < -0.4 is 4.74 Å². The Balaban J connectivity index is 2.32. The van der Waals surface area contributed by atoms with E-state index in [-0.39, 0.29) is 5.38 Å². The Kier molecular flexibility index (Phi) is 2.27. The van der Waals surface area contributed by atoms with Crippen LogP contribution in [0, 0.1) is 0 Å². The summed E-state index contributed by atoms with van der Waals surface area (Å²) in [6.07, 6.45) is -0.656. The standard InChI is InChI=1S/C13H11ClO2/c14-10-7-16-11-6-5-8-3-1-2-4-9(8)12(11)13(10)15/h1-6,10,13,15H,7H2. The zero-order chi connectivity index (χ0) is 11.1. The fourth-order valence-electron chi connectivity index (χ4n) is 2.15. The lowest BCUT2D eigenvalue weighted by molar-refractivity contribution is 0.122. The molecule has 1 aliphatic heterocycles. The maximum atomic E-state index is 10.1. The molecule has 2 atom stereocenters. The highest BCUT2D eigenvalue weighted by Gasteiger charge is 2.29. The molecule has 2 unspecified atom stereocenters. The Morgan fingerprint density at radius 2 is 2.00 bits per heavy atom. The molecule has 1 N–H and O–H groups in total. The Labute approximate surface area is 98.4 Å². The lowest BCUT2D eigenvalue weighted by Crippen LogP contribution is -2.26. The molecule has 2 aromatic rings. The average molecular weight is 235 g/mol. The summed E-state index contributed by atoms with van der Waals surface area (Å²) in [5.74, 6) is 0.739. The summed E-state index contributed by atoms with van der Waals surface area (Å²) in [5, 5.41) is 11.8. The Bertz CT molecular complexity index is 538. The minimum absolute atomic E-state index is 0.355. The zero-order valence-electron chi connectivity index (χ0n) is 8.56. The van der Waals surface area contributed by atoms with E-state index in [0.29, 0.717) is 6.61 Å². The molecule has 0 radical (unpaired) electrons. The van der Waals surface area contributed by atoms with Crippen LogP contribution in [-0.4, -0.2) is 17.1 Å². The molecule has 3 heteroatoms. The fourth-order valence-corrected chi connectivity index (χ4v) is 2.34. The molecule has 0 bridgehead atoms. The number of rotatable bonds is 0. The SMILES string of the molecule is OC1c2c(ccc3ccccc23)OCC1Cl. The summed E-state index contributed by atoms with van der Waals surface area (Å²) in [5.41, 5.74) is 0.810. The molecule has 82 valence electrons. The molecule has 0 saturated heterocycles.